The molecule has 4 aromatic heterocycles. The van der Waals surface area contributed by atoms with Gasteiger partial charge in [0, 0.05) is 128 Å². The van der Waals surface area contributed by atoms with E-state index in [2.05, 4.69) is 455 Å². The van der Waals surface area contributed by atoms with Gasteiger partial charge in [-0.1, -0.05) is 70.8 Å². The number of hydrogen-bond acceptors (Lipinski definition) is 28. The van der Waals surface area contributed by atoms with Crippen LogP contribution in [0.25, 0.3) is 0 Å². The molecule has 28 nitrogen and oxygen atoms in total. The van der Waals surface area contributed by atoms with Gasteiger partial charge in [0.15, 0.2) is 0 Å². The second-order valence-corrected chi connectivity index (χ2v) is 564. The van der Waals surface area contributed by atoms with Crippen molar-refractivity contribution in [3.63, 3.8) is 0 Å². The van der Waals surface area contributed by atoms with Gasteiger partial charge in [0.25, 0.3) is 0 Å². The number of hydrogen-bond donors (Lipinski definition) is 10. The zero-order chi connectivity index (χ0) is 146. The molecule has 0 fully saturated rings. The molecule has 136 heavy (non-hydrogen) atoms. The molecule has 0 spiro atoms. The van der Waals surface area contributed by atoms with Crippen molar-refractivity contribution >= 4 is 459 Å². The fourth-order valence-electron chi connectivity index (χ4n) is 11.7. The van der Waals surface area contributed by atoms with Gasteiger partial charge in [-0.15, -0.1) is 0 Å². The Balaban J connectivity index is -0.000000122. The summed E-state index contributed by atoms with van der Waals surface area (Å²) in [6.45, 7) is 26.0. The van der Waals surface area contributed by atoms with Gasteiger partial charge in [-0.05, 0) is 243 Å². The first-order valence-electron chi connectivity index (χ1n) is 61.2. The van der Waals surface area contributed by atoms with Crippen LogP contribution in [-0.4, -0.2) is 79.4 Å². The molecule has 0 unspecified atom stereocenters. The molecule has 0 amide bonds. The van der Waals surface area contributed by atoms with Crippen molar-refractivity contribution in [2.24, 2.45) is 11.5 Å². The number of ether oxygens (including phenoxy) is 2. The second-order valence-electron chi connectivity index (χ2n) is 27.3. The second kappa shape index (κ2) is 67.6. The average molecular weight is 4930 g/mol. The Morgan fingerprint density at radius 1 is 0.338 bits per heavy atom. The molecule has 0 bridgehead atoms. The normalized spacial score (nSPS) is 12.9. The Hall–Kier alpha value is 4.95. The fourth-order valence-corrected chi connectivity index (χ4v) is 3360. The number of aryl methyl sites for hydroxylation is 13. The largest absolute Gasteiger partial charge is 0.329 e. The van der Waals surface area contributed by atoms with Crippen molar-refractivity contribution in [3.8, 4) is 47.8 Å². The van der Waals surface area contributed by atoms with Crippen LogP contribution >= 0.6 is 378 Å². The number of nitrogen functional groups attached to an aromatic ring is 1. The third-order valence-corrected chi connectivity index (χ3v) is 1500. The number of benzene rings is 8. The maximum absolute atomic E-state index is 9.21. The standard InChI is InChI=1S/C41H40N12O.C19H17ClN6.C19H18N6O.C2H8N2.I22.I4.23H2/c1-24-18-26(3)35(27(4)19-24)49-40-48-34(47-38(51-40)45-32-13-9-30(22-42)10-14-32)8-7-17-44-37-50-39(46-33-15-11-31(23-43)12-16-33)53-41(52-37)54-36-28(5)20-25(2)21-29(36)6;1-11-8-12(2)16(13(3)9-11)23-19-25-17(20)24-18(26-19)22-15-6-4-14(10-21)5-7-15;1-11-8-12(2)16(13(3)9-11)26-19-24-17(21)23-18(25-19)22-15-6-4-14(10-20)5-7-15;3-1-2-4;1-13(2)15(5)17(7)19(9)21(11)22(12)20(10)18(8)16(6)14(3)4;1-4(2)3;;;;;;;;;;;;;;;;;;;;;;;/h9-16,18-21H,7-8,17H2,1-6H3,(H2,44,46,50,52,53)(H2,45,47,48,49,51);4-9H,1-3H3,(H2,22,23,24,25,26);4-9H,1-3H3,(H3,21,22,23,24,25);1-4H2;;;23*1H/i;;;;;;23*1+2T. The number of nitrogens with zero attached hydrogens (tertiary/aromatic N) is 16. The van der Waals surface area contributed by atoms with E-state index in [0.29, 0.717) is 107 Å². The number of nitrogens with one attached hydrogen (secondary N) is 7. The Morgan fingerprint density at radius 2 is 0.588 bits per heavy atom. The van der Waals surface area contributed by atoms with Crippen LogP contribution < -0.4 is 63.9 Å². The van der Waals surface area contributed by atoms with Crippen LogP contribution in [0.15, 0.2) is 146 Å². The van der Waals surface area contributed by atoms with Gasteiger partial charge >= 0.3 is 378 Å². The Kier molecular flexibility index (Phi) is 47.5. The van der Waals surface area contributed by atoms with Crippen LogP contribution in [0.1, 0.15) is 170 Å². The first-order chi connectivity index (χ1) is 87.5. The van der Waals surface area contributed by atoms with E-state index in [-0.39, 0.29) is 43.0 Å². The summed E-state index contributed by atoms with van der Waals surface area (Å²) < 4.78 is 242. The molecule has 12 rings (SSSR count). The predicted octanol–water partition coefficient (Wildman–Crippen LogP) is 44.9. The number of rotatable bonds is 31. The Bertz CT molecular complexity index is 5840. The number of nitriles is 4. The third-order valence-electron chi connectivity index (χ3n) is 16.8. The number of anilines is 14. The summed E-state index contributed by atoms with van der Waals surface area (Å²) in [5, 5.41) is 58.7. The molecule has 8 aromatic carbocycles. The molecular weight excluding hydrogens is 4700 g/mol. The Morgan fingerprint density at radius 3 is 0.890 bits per heavy atom. The quantitative estimate of drug-likeness (QED) is 0.0142. The SMILES string of the molecule is Cc1cc(C)c(Nc2nc(CCCNc3nc(Nc4ccc(C#N)cc4)nc(Oc4c(C)cc(C)cc4C)n3)nc(Nc3ccc(C#N)cc3)n2)c(C)c1.Cc1cc(C)c(Nc2nc(Cl)nc(Nc3ccc(C#N)cc3)n2)c(C)c1.Cc1cc(C)c(Oc2nc(N)nc(Nc3ccc(C#N)cc3)n2)c(C)c1.II(I)I.II(I)I(I)I(I)I(I)I(I)I(I)I(I)I(I)I(I)I(I)I.NCCN.[3H][3H].[3H][3H].[3H][3H].[3H][3H].[3H][3H].[3H][3H].[3H][3H].[3H][3H].[3H][3H].[3H][3H].[3H][3H].[3H][3H].[3H][3H].[3H][3H].[3H][3H].[3H][3H].[3H][3H].[3H][3H].[3H][3H].[3H][3H].[3H][3H].[3H][3H].[3H][3H]. The molecule has 4 heterocycles. The van der Waals surface area contributed by atoms with Gasteiger partial charge in [-0.2, -0.15) is 80.9 Å². The van der Waals surface area contributed by atoms with Crippen molar-refractivity contribution in [3.05, 3.63) is 246 Å². The van der Waals surface area contributed by atoms with Crippen molar-refractivity contribution in [2.45, 2.75) is 95.9 Å². The van der Waals surface area contributed by atoms with Crippen molar-refractivity contribution in [2.75, 3.05) is 62.6 Å². The first-order valence-corrected chi connectivity index (χ1v) is 189. The molecule has 55 heteroatoms. The monoisotopic (exact) mass is 4920 g/mol. The van der Waals surface area contributed by atoms with Crippen LogP contribution in [0.5, 0.6) is 23.5 Å². The minimum atomic E-state index is -0.447. The maximum Gasteiger partial charge on any atom is 0.00461 e. The summed E-state index contributed by atoms with van der Waals surface area (Å²) in [5.74, 6) is 4.35. The van der Waals surface area contributed by atoms with E-state index < -0.39 is 78.9 Å². The van der Waals surface area contributed by atoms with Crippen LogP contribution in [0.2, 0.25) is 5.28 Å². The molecule has 784 valence electrons. The summed E-state index contributed by atoms with van der Waals surface area (Å²) >= 11 is 50.2. The van der Waals surface area contributed by atoms with Gasteiger partial charge in [0.05, 0.1) is 46.5 Å². The molecule has 0 aliphatic carbocycles. The van der Waals surface area contributed by atoms with Crippen molar-refractivity contribution in [1.82, 2.24) is 59.8 Å². The first kappa shape index (κ1) is 95.6. The summed E-state index contributed by atoms with van der Waals surface area (Å²) in [6.07, 6.45) is 1.16. The van der Waals surface area contributed by atoms with E-state index >= 15 is 0 Å². The van der Waals surface area contributed by atoms with E-state index in [0.717, 1.165) is 84.1 Å². The molecule has 0 aliphatic heterocycles. The molecule has 0 atom stereocenters. The van der Waals surface area contributed by atoms with E-state index in [1.54, 1.807) is 84.9 Å². The number of aromatic nitrogens is 12. The maximum atomic E-state index is 9.21. The molecule has 12 aromatic rings. The molecule has 0 saturated carbocycles. The van der Waals surface area contributed by atoms with E-state index in [1.807, 2.05) is 79.7 Å². The molecule has 0 aliphatic rings. The van der Waals surface area contributed by atoms with Gasteiger partial charge < -0.3 is 63.9 Å². The molecular formula is C81H129ClI26N26O2. The fraction of sp³-hybridized carbons (Fsp3) is 0.210. The number of halogens is 27. The van der Waals surface area contributed by atoms with Gasteiger partial charge in [-0.25, -0.2) is 0 Å². The zero-order valence-electron chi connectivity index (χ0n) is 119. The summed E-state index contributed by atoms with van der Waals surface area (Å²) in [7, 11) is -4.55. The minimum Gasteiger partial charge on any atom is -0.329 e. The Labute approximate surface area is 1060 Å². The van der Waals surface area contributed by atoms with Gasteiger partial charge in [0.1, 0.15) is 17.3 Å². The van der Waals surface area contributed by atoms with E-state index in [9.17, 15) is 10.5 Å². The van der Waals surface area contributed by atoms with Gasteiger partial charge in [0.2, 0.25) is 52.9 Å². The summed E-state index contributed by atoms with van der Waals surface area (Å²) in [4.78, 5) is 52.9. The zero-order valence-corrected chi connectivity index (χ0v) is 130. The molecule has 0 radical (unpaired) electrons. The van der Waals surface area contributed by atoms with Crippen LogP contribution in [-0.2, 0) is 6.42 Å². The third kappa shape index (κ3) is 45.5. The van der Waals surface area contributed by atoms with E-state index in [1.165, 1.54) is 11.1 Å². The van der Waals surface area contributed by atoms with Gasteiger partial charge in [-0.3, -0.25) is 0 Å². The summed E-state index contributed by atoms with van der Waals surface area (Å²) in [5.41, 5.74) is 35.6. The van der Waals surface area contributed by atoms with Crippen molar-refractivity contribution in [1.29, 1.82) is 21.0 Å². The van der Waals surface area contributed by atoms with Crippen LogP contribution in [0, 0.1) is 128 Å². The van der Waals surface area contributed by atoms with Crippen molar-refractivity contribution < 1.29 is 77.8 Å². The topological polar surface area (TPSA) is 431 Å². The van der Waals surface area contributed by atoms with Crippen LogP contribution in [0.3, 0.4) is 0 Å². The molecule has 0 saturated heterocycles. The number of nitrogens with two attached hydrogens (primary N) is 3. The predicted molar refractivity (Wildman–Crippen MR) is 844 cm³/mol. The van der Waals surface area contributed by atoms with Crippen LogP contribution in [0.4, 0.5) is 81.7 Å². The molecule has 13 N–H and O–H groups in total. The summed E-state index contributed by atoms with van der Waals surface area (Å²) in [6, 6.07) is 53.2. The van der Waals surface area contributed by atoms with E-state index in [4.69, 9.17) is 127 Å². The smallest absolute Gasteiger partial charge is 0.00461 e. The minimum absolute atomic E-state index is 0.0496. The average Bonchev–Trinajstić information content (AvgIpc) is 0.831.